The summed E-state index contributed by atoms with van der Waals surface area (Å²) in [6.45, 7) is 2.03. The number of methoxy groups -OCH3 is 1. The zero-order valence-corrected chi connectivity index (χ0v) is 7.08. The molecular weight excluding hydrogens is 136 g/mol. The Kier molecular flexibility index (Phi) is 2.96. The van der Waals surface area contributed by atoms with E-state index < -0.39 is 0 Å². The third-order valence-electron chi connectivity index (χ3n) is 1.81. The van der Waals surface area contributed by atoms with Crippen LogP contribution in [0.1, 0.15) is 13.3 Å². The predicted octanol–water partition coefficient (Wildman–Crippen LogP) is 2.67. The molecule has 1 atom stereocenters. The summed E-state index contributed by atoms with van der Waals surface area (Å²) in [6, 6.07) is 0. The molecule has 0 saturated heterocycles. The van der Waals surface area contributed by atoms with Crippen LogP contribution in [-0.4, -0.2) is 7.11 Å². The highest BCUT2D eigenvalue weighted by Gasteiger charge is 2.11. The zero-order chi connectivity index (χ0) is 8.10. The minimum absolute atomic E-state index is 0.454. The van der Waals surface area contributed by atoms with Gasteiger partial charge in [0.2, 0.25) is 0 Å². The summed E-state index contributed by atoms with van der Waals surface area (Å²) in [7, 11) is 1.72. The van der Waals surface area contributed by atoms with Crippen molar-refractivity contribution < 1.29 is 4.74 Å². The highest BCUT2D eigenvalue weighted by Crippen LogP contribution is 2.21. The van der Waals surface area contributed by atoms with Gasteiger partial charge >= 0.3 is 0 Å². The van der Waals surface area contributed by atoms with Gasteiger partial charge in [-0.2, -0.15) is 0 Å². The van der Waals surface area contributed by atoms with Gasteiger partial charge in [-0.05, 0) is 19.4 Å². The topological polar surface area (TPSA) is 9.23 Å². The van der Waals surface area contributed by atoms with Crippen LogP contribution < -0.4 is 0 Å². The summed E-state index contributed by atoms with van der Waals surface area (Å²) < 4.78 is 5.21. The van der Waals surface area contributed by atoms with Crippen molar-refractivity contribution in [1.82, 2.24) is 0 Å². The van der Waals surface area contributed by atoms with Crippen molar-refractivity contribution in [2.75, 3.05) is 7.11 Å². The van der Waals surface area contributed by atoms with Gasteiger partial charge in [-0.25, -0.2) is 0 Å². The van der Waals surface area contributed by atoms with Gasteiger partial charge < -0.3 is 4.74 Å². The van der Waals surface area contributed by atoms with Crippen molar-refractivity contribution >= 4 is 0 Å². The molecule has 0 aromatic heterocycles. The molecule has 1 heteroatoms. The number of hydrogen-bond acceptors (Lipinski definition) is 1. The first-order valence-electron chi connectivity index (χ1n) is 3.92. The summed E-state index contributed by atoms with van der Waals surface area (Å²) in [6.07, 6.45) is 11.5. The van der Waals surface area contributed by atoms with Crippen LogP contribution in [0.4, 0.5) is 0 Å². The van der Waals surface area contributed by atoms with E-state index in [0.29, 0.717) is 5.92 Å². The Morgan fingerprint density at radius 1 is 1.64 bits per heavy atom. The highest BCUT2D eigenvalue weighted by molar-refractivity contribution is 5.20. The van der Waals surface area contributed by atoms with Gasteiger partial charge in [0.05, 0.1) is 7.11 Å². The summed E-state index contributed by atoms with van der Waals surface area (Å²) in [4.78, 5) is 0. The van der Waals surface area contributed by atoms with Crippen molar-refractivity contribution in [3.63, 3.8) is 0 Å². The van der Waals surface area contributed by atoms with Crippen molar-refractivity contribution in [2.45, 2.75) is 13.3 Å². The Hall–Kier alpha value is -0.980. The molecule has 0 N–H and O–H groups in total. The average Bonchev–Trinajstić information content (AvgIpc) is 2.06. The summed E-state index contributed by atoms with van der Waals surface area (Å²) in [5, 5.41) is 0. The highest BCUT2D eigenvalue weighted by atomic mass is 16.5. The molecule has 0 aliphatic heterocycles. The van der Waals surface area contributed by atoms with Crippen LogP contribution in [0.5, 0.6) is 0 Å². The number of allylic oxidation sites excluding steroid dienone is 5. The van der Waals surface area contributed by atoms with Crippen LogP contribution >= 0.6 is 0 Å². The third kappa shape index (κ3) is 1.97. The maximum absolute atomic E-state index is 5.21. The van der Waals surface area contributed by atoms with E-state index >= 15 is 0 Å². The van der Waals surface area contributed by atoms with Crippen LogP contribution in [-0.2, 0) is 4.74 Å². The van der Waals surface area contributed by atoms with Gasteiger partial charge in [0.25, 0.3) is 0 Å². The SMILES string of the molecule is C/C=C/C1CC=CC=C1OC. The lowest BCUT2D eigenvalue weighted by atomic mass is 9.98. The van der Waals surface area contributed by atoms with Crippen LogP contribution in [0.25, 0.3) is 0 Å². The molecule has 0 aromatic carbocycles. The van der Waals surface area contributed by atoms with Gasteiger partial charge in [0.1, 0.15) is 5.76 Å². The van der Waals surface area contributed by atoms with Crippen molar-refractivity contribution in [2.24, 2.45) is 5.92 Å². The molecule has 0 spiro atoms. The molecule has 0 fully saturated rings. The Morgan fingerprint density at radius 3 is 3.09 bits per heavy atom. The maximum atomic E-state index is 5.21. The van der Waals surface area contributed by atoms with E-state index in [9.17, 15) is 0 Å². The lowest BCUT2D eigenvalue weighted by Crippen LogP contribution is -2.04. The molecule has 1 aliphatic carbocycles. The molecule has 60 valence electrons. The van der Waals surface area contributed by atoms with E-state index in [1.165, 1.54) is 0 Å². The molecule has 1 rings (SSSR count). The van der Waals surface area contributed by atoms with Gasteiger partial charge in [-0.3, -0.25) is 0 Å². The lowest BCUT2D eigenvalue weighted by molar-refractivity contribution is 0.255. The second-order valence-corrected chi connectivity index (χ2v) is 2.57. The normalized spacial score (nSPS) is 23.8. The van der Waals surface area contributed by atoms with Crippen molar-refractivity contribution in [3.05, 3.63) is 36.1 Å². The molecule has 0 heterocycles. The van der Waals surface area contributed by atoms with Gasteiger partial charge in [0, 0.05) is 5.92 Å². The van der Waals surface area contributed by atoms with E-state index in [2.05, 4.69) is 18.2 Å². The number of rotatable bonds is 2. The van der Waals surface area contributed by atoms with E-state index in [0.717, 1.165) is 12.2 Å². The molecule has 0 saturated carbocycles. The maximum Gasteiger partial charge on any atom is 0.103 e. The average molecular weight is 150 g/mol. The standard InChI is InChI=1S/C10H14O/c1-3-6-9-7-4-5-8-10(9)11-2/h3-6,8-9H,7H2,1-2H3/b6-3+. The van der Waals surface area contributed by atoms with Crippen LogP contribution in [0, 0.1) is 5.92 Å². The smallest absolute Gasteiger partial charge is 0.103 e. The van der Waals surface area contributed by atoms with E-state index in [-0.39, 0.29) is 0 Å². The fourth-order valence-electron chi connectivity index (χ4n) is 1.25. The lowest BCUT2D eigenvalue weighted by Gasteiger charge is -2.16. The summed E-state index contributed by atoms with van der Waals surface area (Å²) in [5.74, 6) is 1.51. The Morgan fingerprint density at radius 2 is 2.45 bits per heavy atom. The molecule has 1 aliphatic rings. The Bertz CT molecular complexity index is 199. The Balaban J connectivity index is 2.67. The largest absolute Gasteiger partial charge is 0.500 e. The number of ether oxygens (including phenoxy) is 1. The minimum atomic E-state index is 0.454. The zero-order valence-electron chi connectivity index (χ0n) is 7.08. The third-order valence-corrected chi connectivity index (χ3v) is 1.81. The second kappa shape index (κ2) is 4.02. The molecule has 0 amide bonds. The monoisotopic (exact) mass is 150 g/mol. The first-order chi connectivity index (χ1) is 5.38. The van der Waals surface area contributed by atoms with E-state index in [1.54, 1.807) is 7.11 Å². The molecular formula is C10H14O. The van der Waals surface area contributed by atoms with Gasteiger partial charge in [0.15, 0.2) is 0 Å². The van der Waals surface area contributed by atoms with Crippen LogP contribution in [0.3, 0.4) is 0 Å². The fraction of sp³-hybridized carbons (Fsp3) is 0.400. The van der Waals surface area contributed by atoms with Crippen LogP contribution in [0.15, 0.2) is 36.1 Å². The minimum Gasteiger partial charge on any atom is -0.500 e. The Labute approximate surface area is 68.1 Å². The second-order valence-electron chi connectivity index (χ2n) is 2.57. The summed E-state index contributed by atoms with van der Waals surface area (Å²) in [5.41, 5.74) is 0. The molecule has 0 bridgehead atoms. The van der Waals surface area contributed by atoms with E-state index in [4.69, 9.17) is 4.74 Å². The van der Waals surface area contributed by atoms with Crippen molar-refractivity contribution in [3.8, 4) is 0 Å². The van der Waals surface area contributed by atoms with E-state index in [1.807, 2.05) is 19.1 Å². The first-order valence-corrected chi connectivity index (χ1v) is 3.92. The molecule has 1 unspecified atom stereocenters. The van der Waals surface area contributed by atoms with Crippen LogP contribution in [0.2, 0.25) is 0 Å². The molecule has 0 radical (unpaired) electrons. The van der Waals surface area contributed by atoms with Gasteiger partial charge in [-0.15, -0.1) is 0 Å². The summed E-state index contributed by atoms with van der Waals surface area (Å²) >= 11 is 0. The first kappa shape index (κ1) is 8.12. The molecule has 11 heavy (non-hydrogen) atoms. The molecule has 1 nitrogen and oxygen atoms in total. The van der Waals surface area contributed by atoms with Crippen molar-refractivity contribution in [1.29, 1.82) is 0 Å². The van der Waals surface area contributed by atoms with Gasteiger partial charge in [-0.1, -0.05) is 24.3 Å². The fourth-order valence-corrected chi connectivity index (χ4v) is 1.25. The molecule has 0 aromatic rings. The quantitative estimate of drug-likeness (QED) is 0.550. The number of hydrogen-bond donors (Lipinski definition) is 0. The predicted molar refractivity (Wildman–Crippen MR) is 47.2 cm³/mol.